The van der Waals surface area contributed by atoms with Gasteiger partial charge in [0.25, 0.3) is 0 Å². The van der Waals surface area contributed by atoms with E-state index in [1.807, 2.05) is 0 Å². The standard InChI is InChI=1S/C11H16NO8P/c13-8(4-5-9(14)15)12-7-3-1-2-6-11(7,10(16)17)21(18,19)20/h1,3,7H,2,4-6H2,(H,12,13)(H,14,15)(H,16,17)(H2,18,19,20)/t7-,11-/m1/s1. The number of carbonyl (C=O) groups is 3. The van der Waals surface area contributed by atoms with E-state index >= 15 is 0 Å². The molecule has 0 aromatic rings. The first kappa shape index (κ1) is 17.4. The average Bonchev–Trinajstić information content (AvgIpc) is 2.35. The van der Waals surface area contributed by atoms with Crippen LogP contribution in [-0.4, -0.2) is 49.0 Å². The summed E-state index contributed by atoms with van der Waals surface area (Å²) in [4.78, 5) is 52.2. The van der Waals surface area contributed by atoms with Crippen molar-refractivity contribution in [2.45, 2.75) is 36.9 Å². The first-order chi connectivity index (χ1) is 9.61. The number of aliphatic carboxylic acids is 2. The third-order valence-electron chi connectivity index (χ3n) is 3.31. The van der Waals surface area contributed by atoms with Crippen LogP contribution in [0.1, 0.15) is 25.7 Å². The molecule has 0 saturated carbocycles. The zero-order chi connectivity index (χ0) is 16.3. The molecule has 0 fully saturated rings. The smallest absolute Gasteiger partial charge is 0.345 e. The summed E-state index contributed by atoms with van der Waals surface area (Å²) in [6, 6.07) is -1.40. The van der Waals surface area contributed by atoms with Crippen molar-refractivity contribution in [2.75, 3.05) is 0 Å². The van der Waals surface area contributed by atoms with Crippen molar-refractivity contribution in [3.63, 3.8) is 0 Å². The number of allylic oxidation sites excluding steroid dienone is 1. The number of hydrogen-bond donors (Lipinski definition) is 5. The SMILES string of the molecule is O=C(O)CCC(=O)N[C@@H]1C=CCC[C@@]1(C(=O)O)P(=O)(O)O. The predicted molar refractivity (Wildman–Crippen MR) is 69.6 cm³/mol. The van der Waals surface area contributed by atoms with Gasteiger partial charge in [-0.25, -0.2) is 0 Å². The van der Waals surface area contributed by atoms with Crippen molar-refractivity contribution in [3.8, 4) is 0 Å². The van der Waals surface area contributed by atoms with E-state index in [9.17, 15) is 33.8 Å². The summed E-state index contributed by atoms with van der Waals surface area (Å²) in [7, 11) is -5.06. The number of carbonyl (C=O) groups excluding carboxylic acids is 1. The Bertz CT molecular complexity index is 524. The second-order valence-electron chi connectivity index (χ2n) is 4.68. The molecule has 5 N–H and O–H groups in total. The summed E-state index contributed by atoms with van der Waals surface area (Å²) in [5.74, 6) is -3.69. The normalized spacial score (nSPS) is 25.3. The van der Waals surface area contributed by atoms with Gasteiger partial charge in [0.15, 0.2) is 5.16 Å². The molecule has 0 bridgehead atoms. The first-order valence-electron chi connectivity index (χ1n) is 6.08. The fraction of sp³-hybridized carbons (Fsp3) is 0.545. The van der Waals surface area contributed by atoms with Gasteiger partial charge in [0.1, 0.15) is 0 Å². The van der Waals surface area contributed by atoms with Crippen molar-refractivity contribution in [3.05, 3.63) is 12.2 Å². The van der Waals surface area contributed by atoms with E-state index in [0.717, 1.165) is 0 Å². The van der Waals surface area contributed by atoms with E-state index in [4.69, 9.17) is 5.11 Å². The molecule has 0 spiro atoms. The summed E-state index contributed by atoms with van der Waals surface area (Å²) in [5, 5.41) is 17.5. The maximum absolute atomic E-state index is 11.6. The summed E-state index contributed by atoms with van der Waals surface area (Å²) in [6.45, 7) is 0. The van der Waals surface area contributed by atoms with Crippen LogP contribution in [-0.2, 0) is 18.9 Å². The number of rotatable bonds is 6. The largest absolute Gasteiger partial charge is 0.481 e. The topological polar surface area (TPSA) is 161 Å². The quantitative estimate of drug-likeness (QED) is 0.328. The van der Waals surface area contributed by atoms with Crippen molar-refractivity contribution in [1.29, 1.82) is 0 Å². The number of carboxylic acids is 2. The van der Waals surface area contributed by atoms with Gasteiger partial charge in [-0.05, 0) is 12.8 Å². The molecule has 118 valence electrons. The molecule has 2 atom stereocenters. The van der Waals surface area contributed by atoms with Gasteiger partial charge in [0.2, 0.25) is 5.91 Å². The van der Waals surface area contributed by atoms with Gasteiger partial charge >= 0.3 is 19.5 Å². The molecule has 9 nitrogen and oxygen atoms in total. The third kappa shape index (κ3) is 3.69. The molecule has 0 aliphatic heterocycles. The number of nitrogens with one attached hydrogen (secondary N) is 1. The number of carboxylic acid groups (broad SMARTS) is 2. The lowest BCUT2D eigenvalue weighted by atomic mass is 9.88. The summed E-state index contributed by atoms with van der Waals surface area (Å²) >= 11 is 0. The molecule has 1 aliphatic carbocycles. The van der Waals surface area contributed by atoms with Gasteiger partial charge in [-0.15, -0.1) is 0 Å². The Hall–Kier alpha value is -1.70. The fourth-order valence-corrected chi connectivity index (χ4v) is 3.36. The fourth-order valence-electron chi connectivity index (χ4n) is 2.18. The molecule has 1 aliphatic rings. The van der Waals surface area contributed by atoms with Gasteiger partial charge in [-0.2, -0.15) is 0 Å². The summed E-state index contributed by atoms with van der Waals surface area (Å²) in [6.07, 6.45) is 1.69. The molecule has 0 unspecified atom stereocenters. The molecule has 21 heavy (non-hydrogen) atoms. The number of hydrogen-bond acceptors (Lipinski definition) is 4. The minimum absolute atomic E-state index is 0.152. The van der Waals surface area contributed by atoms with Gasteiger partial charge < -0.3 is 25.3 Å². The molecule has 1 amide bonds. The van der Waals surface area contributed by atoms with Crippen LogP contribution in [0, 0.1) is 0 Å². The Kier molecular flexibility index (Phi) is 5.27. The molecule has 0 radical (unpaired) electrons. The van der Waals surface area contributed by atoms with Crippen LogP contribution >= 0.6 is 7.60 Å². The zero-order valence-electron chi connectivity index (χ0n) is 10.9. The second-order valence-corrected chi connectivity index (χ2v) is 6.57. The van der Waals surface area contributed by atoms with Crippen LogP contribution in [0.5, 0.6) is 0 Å². The minimum atomic E-state index is -5.06. The van der Waals surface area contributed by atoms with Crippen LogP contribution in [0.25, 0.3) is 0 Å². The summed E-state index contributed by atoms with van der Waals surface area (Å²) < 4.78 is 11.6. The molecule has 0 aromatic heterocycles. The van der Waals surface area contributed by atoms with Crippen LogP contribution in [0.4, 0.5) is 0 Å². The Labute approximate surface area is 119 Å². The van der Waals surface area contributed by atoms with Gasteiger partial charge in [-0.1, -0.05) is 12.2 Å². The van der Waals surface area contributed by atoms with Crippen molar-refractivity contribution >= 4 is 25.4 Å². The van der Waals surface area contributed by atoms with E-state index in [1.54, 1.807) is 0 Å². The van der Waals surface area contributed by atoms with Gasteiger partial charge in [0, 0.05) is 6.42 Å². The van der Waals surface area contributed by atoms with Crippen LogP contribution < -0.4 is 5.32 Å². The monoisotopic (exact) mass is 321 g/mol. The Morgan fingerprint density at radius 3 is 2.33 bits per heavy atom. The molecule has 0 heterocycles. The Morgan fingerprint density at radius 2 is 1.86 bits per heavy atom. The maximum Gasteiger partial charge on any atom is 0.345 e. The van der Waals surface area contributed by atoms with E-state index in [2.05, 4.69) is 5.32 Å². The van der Waals surface area contributed by atoms with Gasteiger partial charge in [0.05, 0.1) is 12.5 Å². The molecular formula is C11H16NO8P. The van der Waals surface area contributed by atoms with Crippen LogP contribution in [0.15, 0.2) is 12.2 Å². The first-order valence-corrected chi connectivity index (χ1v) is 7.69. The highest BCUT2D eigenvalue weighted by atomic mass is 31.2. The predicted octanol–water partition coefficient (Wildman–Crippen LogP) is -0.313. The van der Waals surface area contributed by atoms with Gasteiger partial charge in [-0.3, -0.25) is 18.9 Å². The Balaban J connectivity index is 3.00. The van der Waals surface area contributed by atoms with E-state index < -0.39 is 49.5 Å². The summed E-state index contributed by atoms with van der Waals surface area (Å²) in [5.41, 5.74) is 0. The maximum atomic E-state index is 11.6. The molecule has 1 rings (SSSR count). The molecule has 0 aromatic carbocycles. The minimum Gasteiger partial charge on any atom is -0.481 e. The highest BCUT2D eigenvalue weighted by Crippen LogP contribution is 2.56. The highest BCUT2D eigenvalue weighted by molar-refractivity contribution is 7.55. The van der Waals surface area contributed by atoms with E-state index in [1.165, 1.54) is 12.2 Å². The van der Waals surface area contributed by atoms with Crippen molar-refractivity contribution in [2.24, 2.45) is 0 Å². The molecule has 0 saturated heterocycles. The zero-order valence-corrected chi connectivity index (χ0v) is 11.8. The second kappa shape index (κ2) is 6.38. The molecule has 10 heteroatoms. The van der Waals surface area contributed by atoms with E-state index in [-0.39, 0.29) is 12.8 Å². The van der Waals surface area contributed by atoms with Crippen LogP contribution in [0.3, 0.4) is 0 Å². The third-order valence-corrected chi connectivity index (χ3v) is 5.04. The number of amides is 1. The van der Waals surface area contributed by atoms with E-state index in [0.29, 0.717) is 0 Å². The lowest BCUT2D eigenvalue weighted by molar-refractivity contribution is -0.142. The Morgan fingerprint density at radius 1 is 1.24 bits per heavy atom. The lowest BCUT2D eigenvalue weighted by Crippen LogP contribution is -2.57. The van der Waals surface area contributed by atoms with Crippen molar-refractivity contribution in [1.82, 2.24) is 5.32 Å². The average molecular weight is 321 g/mol. The van der Waals surface area contributed by atoms with Crippen LogP contribution in [0.2, 0.25) is 0 Å². The lowest BCUT2D eigenvalue weighted by Gasteiger charge is -2.38. The highest BCUT2D eigenvalue weighted by Gasteiger charge is 2.59. The molecular weight excluding hydrogens is 305 g/mol. The van der Waals surface area contributed by atoms with Crippen molar-refractivity contribution < 1.29 is 38.9 Å².